The van der Waals surface area contributed by atoms with Gasteiger partial charge in [0.15, 0.2) is 5.76 Å². The standard InChI is InChI=1S/C23H18N2O4/c1-28-20-13-7-5-11-18(20)25-22(26)16-9-3-4-10-17(16)24-23(27)21-14-15-8-2-6-12-19(15)29-21/h2-14H,1H3,(H,24,27)(H,25,26). The van der Waals surface area contributed by atoms with Crippen molar-refractivity contribution in [2.24, 2.45) is 0 Å². The van der Waals surface area contributed by atoms with Crippen molar-refractivity contribution in [2.45, 2.75) is 0 Å². The Labute approximate surface area is 167 Å². The van der Waals surface area contributed by atoms with Gasteiger partial charge in [0.1, 0.15) is 11.3 Å². The Morgan fingerprint density at radius 3 is 2.24 bits per heavy atom. The van der Waals surface area contributed by atoms with Gasteiger partial charge < -0.3 is 19.8 Å². The number of furan rings is 1. The molecule has 0 saturated carbocycles. The third-order valence-corrected chi connectivity index (χ3v) is 4.42. The fourth-order valence-corrected chi connectivity index (χ4v) is 3.01. The first-order chi connectivity index (χ1) is 14.2. The summed E-state index contributed by atoms with van der Waals surface area (Å²) in [7, 11) is 1.53. The van der Waals surface area contributed by atoms with Crippen LogP contribution in [0.5, 0.6) is 5.75 Å². The van der Waals surface area contributed by atoms with E-state index in [0.29, 0.717) is 28.3 Å². The molecule has 2 N–H and O–H groups in total. The highest BCUT2D eigenvalue weighted by Crippen LogP contribution is 2.26. The van der Waals surface area contributed by atoms with Crippen LogP contribution in [0.3, 0.4) is 0 Å². The molecule has 0 radical (unpaired) electrons. The number of rotatable bonds is 5. The van der Waals surface area contributed by atoms with Crippen molar-refractivity contribution >= 4 is 34.2 Å². The second kappa shape index (κ2) is 7.90. The van der Waals surface area contributed by atoms with Crippen molar-refractivity contribution in [1.29, 1.82) is 0 Å². The lowest BCUT2D eigenvalue weighted by Gasteiger charge is -2.12. The molecule has 0 spiro atoms. The molecule has 1 heterocycles. The van der Waals surface area contributed by atoms with Gasteiger partial charge in [-0.1, -0.05) is 42.5 Å². The molecule has 0 bridgehead atoms. The van der Waals surface area contributed by atoms with Crippen LogP contribution < -0.4 is 15.4 Å². The number of para-hydroxylation sites is 4. The largest absolute Gasteiger partial charge is 0.495 e. The molecule has 4 rings (SSSR count). The summed E-state index contributed by atoms with van der Waals surface area (Å²) in [5, 5.41) is 6.41. The number of methoxy groups -OCH3 is 1. The van der Waals surface area contributed by atoms with Crippen molar-refractivity contribution < 1.29 is 18.7 Å². The quantitative estimate of drug-likeness (QED) is 0.509. The number of anilines is 2. The zero-order chi connectivity index (χ0) is 20.2. The molecule has 0 aliphatic heterocycles. The van der Waals surface area contributed by atoms with Gasteiger partial charge in [0.2, 0.25) is 0 Å². The number of fused-ring (bicyclic) bond motifs is 1. The number of nitrogens with one attached hydrogen (secondary N) is 2. The molecule has 1 aromatic heterocycles. The molecule has 0 saturated heterocycles. The van der Waals surface area contributed by atoms with E-state index in [-0.39, 0.29) is 11.7 Å². The highest BCUT2D eigenvalue weighted by Gasteiger charge is 2.17. The van der Waals surface area contributed by atoms with Crippen LogP contribution in [0.4, 0.5) is 11.4 Å². The molecule has 144 valence electrons. The van der Waals surface area contributed by atoms with Crippen LogP contribution in [0.25, 0.3) is 11.0 Å². The van der Waals surface area contributed by atoms with Gasteiger partial charge in [0.05, 0.1) is 24.0 Å². The molecule has 29 heavy (non-hydrogen) atoms. The summed E-state index contributed by atoms with van der Waals surface area (Å²) in [5.41, 5.74) is 1.87. The topological polar surface area (TPSA) is 80.6 Å². The van der Waals surface area contributed by atoms with Crippen LogP contribution in [0.2, 0.25) is 0 Å². The Balaban J connectivity index is 1.57. The molecule has 6 nitrogen and oxygen atoms in total. The number of carbonyl (C=O) groups excluding carboxylic acids is 2. The minimum atomic E-state index is -0.432. The van der Waals surface area contributed by atoms with E-state index in [1.807, 2.05) is 24.3 Å². The van der Waals surface area contributed by atoms with Crippen LogP contribution in [-0.2, 0) is 0 Å². The van der Waals surface area contributed by atoms with E-state index >= 15 is 0 Å². The Hall–Kier alpha value is -4.06. The number of ether oxygens (including phenoxy) is 1. The van der Waals surface area contributed by atoms with Crippen LogP contribution >= 0.6 is 0 Å². The molecule has 0 aliphatic rings. The molecule has 2 amide bonds. The third-order valence-electron chi connectivity index (χ3n) is 4.42. The lowest BCUT2D eigenvalue weighted by molar-refractivity contribution is 0.0998. The van der Waals surface area contributed by atoms with E-state index < -0.39 is 5.91 Å². The summed E-state index contributed by atoms with van der Waals surface area (Å²) in [6.07, 6.45) is 0. The first-order valence-corrected chi connectivity index (χ1v) is 8.99. The van der Waals surface area contributed by atoms with Crippen LogP contribution in [-0.4, -0.2) is 18.9 Å². The van der Waals surface area contributed by atoms with E-state index in [9.17, 15) is 9.59 Å². The zero-order valence-corrected chi connectivity index (χ0v) is 15.6. The van der Waals surface area contributed by atoms with Gasteiger partial charge in [0.25, 0.3) is 11.8 Å². The molecule has 0 unspecified atom stereocenters. The summed E-state index contributed by atoms with van der Waals surface area (Å²) >= 11 is 0. The maximum atomic E-state index is 12.8. The lowest BCUT2D eigenvalue weighted by atomic mass is 10.1. The van der Waals surface area contributed by atoms with Crippen LogP contribution in [0.1, 0.15) is 20.9 Å². The monoisotopic (exact) mass is 386 g/mol. The smallest absolute Gasteiger partial charge is 0.291 e. The van der Waals surface area contributed by atoms with Crippen LogP contribution in [0.15, 0.2) is 83.3 Å². The predicted octanol–water partition coefficient (Wildman–Crippen LogP) is 4.95. The average molecular weight is 386 g/mol. The van der Waals surface area contributed by atoms with Crippen molar-refractivity contribution in [1.82, 2.24) is 0 Å². The van der Waals surface area contributed by atoms with Crippen molar-refractivity contribution in [2.75, 3.05) is 17.7 Å². The SMILES string of the molecule is COc1ccccc1NC(=O)c1ccccc1NC(=O)c1cc2ccccc2o1. The lowest BCUT2D eigenvalue weighted by Crippen LogP contribution is -2.18. The van der Waals surface area contributed by atoms with Gasteiger partial charge in [-0.2, -0.15) is 0 Å². The fraction of sp³-hybridized carbons (Fsp3) is 0.0435. The van der Waals surface area contributed by atoms with Crippen molar-refractivity contribution in [3.05, 3.63) is 90.2 Å². The molecule has 0 atom stereocenters. The Morgan fingerprint density at radius 2 is 1.45 bits per heavy atom. The minimum Gasteiger partial charge on any atom is -0.495 e. The molecular formula is C23H18N2O4. The average Bonchev–Trinajstić information content (AvgIpc) is 3.19. The first kappa shape index (κ1) is 18.3. The van der Waals surface area contributed by atoms with Gasteiger partial charge in [-0.15, -0.1) is 0 Å². The van der Waals surface area contributed by atoms with E-state index in [2.05, 4.69) is 10.6 Å². The Morgan fingerprint density at radius 1 is 0.793 bits per heavy atom. The second-order valence-corrected chi connectivity index (χ2v) is 6.30. The van der Waals surface area contributed by atoms with Gasteiger partial charge >= 0.3 is 0 Å². The number of hydrogen-bond acceptors (Lipinski definition) is 4. The highest BCUT2D eigenvalue weighted by atomic mass is 16.5. The zero-order valence-electron chi connectivity index (χ0n) is 15.6. The van der Waals surface area contributed by atoms with E-state index in [1.54, 1.807) is 54.6 Å². The number of carbonyl (C=O) groups is 2. The van der Waals surface area contributed by atoms with Gasteiger partial charge in [-0.25, -0.2) is 0 Å². The van der Waals surface area contributed by atoms with E-state index in [0.717, 1.165) is 5.39 Å². The van der Waals surface area contributed by atoms with Gasteiger partial charge in [-0.3, -0.25) is 9.59 Å². The Kier molecular flexibility index (Phi) is 4.99. The number of hydrogen-bond donors (Lipinski definition) is 2. The molecular weight excluding hydrogens is 368 g/mol. The molecule has 3 aromatic carbocycles. The molecule has 0 aliphatic carbocycles. The maximum Gasteiger partial charge on any atom is 0.291 e. The van der Waals surface area contributed by atoms with Gasteiger partial charge in [-0.05, 0) is 36.4 Å². The number of benzene rings is 3. The summed E-state index contributed by atoms with van der Waals surface area (Å²) < 4.78 is 10.9. The molecule has 6 heteroatoms. The highest BCUT2D eigenvalue weighted by molar-refractivity contribution is 6.12. The van der Waals surface area contributed by atoms with Crippen molar-refractivity contribution in [3.63, 3.8) is 0 Å². The summed E-state index contributed by atoms with van der Waals surface area (Å²) in [6.45, 7) is 0. The summed E-state index contributed by atoms with van der Waals surface area (Å²) in [4.78, 5) is 25.5. The Bertz CT molecular complexity index is 1160. The van der Waals surface area contributed by atoms with E-state index in [4.69, 9.17) is 9.15 Å². The predicted molar refractivity (Wildman–Crippen MR) is 112 cm³/mol. The fourth-order valence-electron chi connectivity index (χ4n) is 3.01. The normalized spacial score (nSPS) is 10.5. The molecule has 0 fully saturated rings. The maximum absolute atomic E-state index is 12.8. The number of amides is 2. The van der Waals surface area contributed by atoms with Crippen molar-refractivity contribution in [3.8, 4) is 5.75 Å². The van der Waals surface area contributed by atoms with E-state index in [1.165, 1.54) is 7.11 Å². The third kappa shape index (κ3) is 3.82. The van der Waals surface area contributed by atoms with Crippen LogP contribution in [0, 0.1) is 0 Å². The summed E-state index contributed by atoms with van der Waals surface area (Å²) in [6, 6.07) is 22.9. The summed E-state index contributed by atoms with van der Waals surface area (Å²) in [5.74, 6) is -0.0791. The molecule has 4 aromatic rings. The van der Waals surface area contributed by atoms with Gasteiger partial charge in [0, 0.05) is 5.39 Å². The first-order valence-electron chi connectivity index (χ1n) is 8.99. The minimum absolute atomic E-state index is 0.172. The second-order valence-electron chi connectivity index (χ2n) is 6.30.